The van der Waals surface area contributed by atoms with Gasteiger partial charge in [0.2, 0.25) is 0 Å². The van der Waals surface area contributed by atoms with Crippen molar-refractivity contribution in [3.63, 3.8) is 0 Å². The molecule has 3 unspecified atom stereocenters. The third kappa shape index (κ3) is 4.24. The van der Waals surface area contributed by atoms with Crippen LogP contribution in [0.5, 0.6) is 0 Å². The maximum absolute atomic E-state index is 3.79. The molecule has 1 aliphatic rings. The first-order chi connectivity index (χ1) is 8.25. The van der Waals surface area contributed by atoms with Gasteiger partial charge in [-0.05, 0) is 17.3 Å². The fourth-order valence-electron chi connectivity index (χ4n) is 2.92. The molecule has 0 aromatic carbocycles. The average molecular weight is 254 g/mol. The Morgan fingerprint density at radius 1 is 1.22 bits per heavy atom. The van der Waals surface area contributed by atoms with Crippen LogP contribution >= 0.6 is 0 Å². The molecule has 0 radical (unpaired) electrons. The Kier molecular flexibility index (Phi) is 5.67. The number of nitrogens with one attached hydrogen (secondary N) is 1. The second-order valence-corrected chi connectivity index (χ2v) is 7.63. The zero-order valence-electron chi connectivity index (χ0n) is 13.6. The van der Waals surface area contributed by atoms with Crippen molar-refractivity contribution < 1.29 is 0 Å². The number of piperazine rings is 1. The summed E-state index contributed by atoms with van der Waals surface area (Å²) in [6.07, 6.45) is 1.28. The quantitative estimate of drug-likeness (QED) is 0.827. The summed E-state index contributed by atoms with van der Waals surface area (Å²) >= 11 is 0. The second-order valence-electron chi connectivity index (χ2n) is 7.63. The molecule has 108 valence electrons. The van der Waals surface area contributed by atoms with Crippen molar-refractivity contribution in [2.75, 3.05) is 19.6 Å². The van der Waals surface area contributed by atoms with E-state index < -0.39 is 0 Å². The molecule has 1 rings (SSSR count). The van der Waals surface area contributed by atoms with E-state index in [2.05, 4.69) is 58.7 Å². The van der Waals surface area contributed by atoms with E-state index >= 15 is 0 Å². The molecule has 0 aromatic rings. The maximum Gasteiger partial charge on any atom is 0.0247 e. The summed E-state index contributed by atoms with van der Waals surface area (Å²) in [6, 6.07) is 1.34. The lowest BCUT2D eigenvalue weighted by molar-refractivity contribution is 0.0496. The SMILES string of the molecule is CCC(C)C1CNC(C(C)(C)C)CN1CC(C)C. The molecule has 0 saturated carbocycles. The van der Waals surface area contributed by atoms with Crippen molar-refractivity contribution >= 4 is 0 Å². The van der Waals surface area contributed by atoms with Gasteiger partial charge in [0.15, 0.2) is 0 Å². The number of rotatable bonds is 4. The van der Waals surface area contributed by atoms with Crippen molar-refractivity contribution in [2.45, 2.75) is 67.0 Å². The van der Waals surface area contributed by atoms with E-state index in [1.54, 1.807) is 0 Å². The minimum atomic E-state index is 0.357. The maximum atomic E-state index is 3.79. The first kappa shape index (κ1) is 16.0. The second kappa shape index (κ2) is 6.38. The van der Waals surface area contributed by atoms with E-state index in [0.717, 1.165) is 24.4 Å². The van der Waals surface area contributed by atoms with Gasteiger partial charge in [-0.1, -0.05) is 54.9 Å². The van der Waals surface area contributed by atoms with Gasteiger partial charge in [0.05, 0.1) is 0 Å². The lowest BCUT2D eigenvalue weighted by atomic mass is 9.83. The molecule has 0 amide bonds. The molecule has 0 bridgehead atoms. The zero-order valence-corrected chi connectivity index (χ0v) is 13.6. The molecular weight excluding hydrogens is 220 g/mol. The van der Waals surface area contributed by atoms with Gasteiger partial charge in [-0.3, -0.25) is 4.90 Å². The summed E-state index contributed by atoms with van der Waals surface area (Å²) in [5.41, 5.74) is 0.357. The predicted octanol–water partition coefficient (Wildman–Crippen LogP) is 3.38. The molecule has 18 heavy (non-hydrogen) atoms. The molecule has 2 heteroatoms. The monoisotopic (exact) mass is 254 g/mol. The third-order valence-electron chi connectivity index (χ3n) is 4.41. The molecule has 0 aromatic heterocycles. The summed E-state index contributed by atoms with van der Waals surface area (Å²) in [4.78, 5) is 2.74. The Balaban J connectivity index is 2.72. The largest absolute Gasteiger partial charge is 0.311 e. The molecule has 1 heterocycles. The van der Waals surface area contributed by atoms with Crippen LogP contribution in [0.2, 0.25) is 0 Å². The van der Waals surface area contributed by atoms with Crippen molar-refractivity contribution in [1.82, 2.24) is 10.2 Å². The van der Waals surface area contributed by atoms with E-state index in [1.807, 2.05) is 0 Å². The van der Waals surface area contributed by atoms with E-state index in [4.69, 9.17) is 0 Å². The van der Waals surface area contributed by atoms with Crippen LogP contribution in [-0.2, 0) is 0 Å². The Bertz CT molecular complexity index is 242. The van der Waals surface area contributed by atoms with Crippen molar-refractivity contribution in [3.05, 3.63) is 0 Å². The molecule has 1 saturated heterocycles. The van der Waals surface area contributed by atoms with Crippen LogP contribution in [0.1, 0.15) is 54.9 Å². The van der Waals surface area contributed by atoms with Gasteiger partial charge in [-0.2, -0.15) is 0 Å². The van der Waals surface area contributed by atoms with Crippen molar-refractivity contribution in [3.8, 4) is 0 Å². The standard InChI is InChI=1S/C16H34N2/c1-8-13(4)14-9-17-15(16(5,6)7)11-18(14)10-12(2)3/h12-15,17H,8-11H2,1-7H3. The van der Waals surface area contributed by atoms with Crippen LogP contribution in [-0.4, -0.2) is 36.6 Å². The van der Waals surface area contributed by atoms with Gasteiger partial charge in [0, 0.05) is 31.7 Å². The predicted molar refractivity (Wildman–Crippen MR) is 80.9 cm³/mol. The van der Waals surface area contributed by atoms with Gasteiger partial charge >= 0.3 is 0 Å². The van der Waals surface area contributed by atoms with Crippen molar-refractivity contribution in [1.29, 1.82) is 0 Å². The Morgan fingerprint density at radius 2 is 1.83 bits per heavy atom. The minimum Gasteiger partial charge on any atom is -0.311 e. The summed E-state index contributed by atoms with van der Waals surface area (Å²) in [7, 11) is 0. The number of hydrogen-bond donors (Lipinski definition) is 1. The Morgan fingerprint density at radius 3 is 2.28 bits per heavy atom. The van der Waals surface area contributed by atoms with Crippen LogP contribution in [0.3, 0.4) is 0 Å². The highest BCUT2D eigenvalue weighted by atomic mass is 15.2. The Hall–Kier alpha value is -0.0800. The van der Waals surface area contributed by atoms with Crippen LogP contribution in [0.25, 0.3) is 0 Å². The van der Waals surface area contributed by atoms with Crippen LogP contribution < -0.4 is 5.32 Å². The van der Waals surface area contributed by atoms with E-state index in [1.165, 1.54) is 19.5 Å². The fourth-order valence-corrected chi connectivity index (χ4v) is 2.92. The lowest BCUT2D eigenvalue weighted by Crippen LogP contribution is -2.62. The lowest BCUT2D eigenvalue weighted by Gasteiger charge is -2.47. The van der Waals surface area contributed by atoms with E-state index in [9.17, 15) is 0 Å². The summed E-state index contributed by atoms with van der Waals surface area (Å²) in [5.74, 6) is 1.55. The number of nitrogens with zero attached hydrogens (tertiary/aromatic N) is 1. The summed E-state index contributed by atoms with van der Waals surface area (Å²) < 4.78 is 0. The highest BCUT2D eigenvalue weighted by Gasteiger charge is 2.35. The van der Waals surface area contributed by atoms with Gasteiger partial charge in [-0.25, -0.2) is 0 Å². The number of hydrogen-bond acceptors (Lipinski definition) is 2. The molecule has 0 aliphatic carbocycles. The minimum absolute atomic E-state index is 0.357. The van der Waals surface area contributed by atoms with Crippen LogP contribution in [0.4, 0.5) is 0 Å². The molecule has 3 atom stereocenters. The van der Waals surface area contributed by atoms with Crippen LogP contribution in [0.15, 0.2) is 0 Å². The zero-order chi connectivity index (χ0) is 13.9. The fraction of sp³-hybridized carbons (Fsp3) is 1.00. The van der Waals surface area contributed by atoms with Crippen molar-refractivity contribution in [2.24, 2.45) is 17.3 Å². The molecule has 1 N–H and O–H groups in total. The Labute approximate surface area is 115 Å². The molecule has 0 spiro atoms. The highest BCUT2D eigenvalue weighted by molar-refractivity contribution is 4.93. The van der Waals surface area contributed by atoms with Gasteiger partial charge < -0.3 is 5.32 Å². The molecule has 1 fully saturated rings. The smallest absolute Gasteiger partial charge is 0.0247 e. The molecule has 2 nitrogen and oxygen atoms in total. The first-order valence-corrected chi connectivity index (χ1v) is 7.73. The van der Waals surface area contributed by atoms with Gasteiger partial charge in [-0.15, -0.1) is 0 Å². The summed E-state index contributed by atoms with van der Waals surface area (Å²) in [6.45, 7) is 20.0. The van der Waals surface area contributed by atoms with Gasteiger partial charge in [0.25, 0.3) is 0 Å². The average Bonchev–Trinajstić information content (AvgIpc) is 2.26. The van der Waals surface area contributed by atoms with E-state index in [0.29, 0.717) is 11.5 Å². The highest BCUT2D eigenvalue weighted by Crippen LogP contribution is 2.26. The van der Waals surface area contributed by atoms with E-state index in [-0.39, 0.29) is 0 Å². The van der Waals surface area contributed by atoms with Crippen LogP contribution in [0, 0.1) is 17.3 Å². The summed E-state index contributed by atoms with van der Waals surface area (Å²) in [5, 5.41) is 3.79. The topological polar surface area (TPSA) is 15.3 Å². The van der Waals surface area contributed by atoms with Gasteiger partial charge in [0.1, 0.15) is 0 Å². The normalized spacial score (nSPS) is 28.7. The molecular formula is C16H34N2. The first-order valence-electron chi connectivity index (χ1n) is 7.73. The molecule has 1 aliphatic heterocycles. The third-order valence-corrected chi connectivity index (χ3v) is 4.41.